The molecule has 0 spiro atoms. The lowest BCUT2D eigenvalue weighted by Crippen LogP contribution is -2.10. The van der Waals surface area contributed by atoms with Crippen LogP contribution in [-0.4, -0.2) is 20.4 Å². The minimum absolute atomic E-state index is 0.376. The second kappa shape index (κ2) is 4.34. The number of hydrogen-bond acceptors (Lipinski definition) is 6. The first-order valence-corrected chi connectivity index (χ1v) is 6.83. The zero-order valence-corrected chi connectivity index (χ0v) is 11.0. The summed E-state index contributed by atoms with van der Waals surface area (Å²) in [6, 6.07) is 5.46. The van der Waals surface area contributed by atoms with E-state index in [9.17, 15) is 9.90 Å². The van der Waals surface area contributed by atoms with Crippen molar-refractivity contribution in [2.75, 3.05) is 5.32 Å². The highest BCUT2D eigenvalue weighted by atomic mass is 32.2. The monoisotopic (exact) mass is 279 g/mol. The fraction of sp³-hybridized carbons (Fsp3) is 0.182. The number of benzene rings is 1. The van der Waals surface area contributed by atoms with Crippen LogP contribution in [0.3, 0.4) is 0 Å². The van der Waals surface area contributed by atoms with Crippen molar-refractivity contribution in [3.8, 4) is 0 Å². The Kier molecular flexibility index (Phi) is 2.81. The number of rotatable bonds is 2. The number of aromatic nitrogens is 2. The number of anilines is 1. The Bertz CT molecular complexity index is 627. The first-order valence-electron chi connectivity index (χ1n) is 5.24. The summed E-state index contributed by atoms with van der Waals surface area (Å²) in [4.78, 5) is 16.5. The number of carbonyl (C=O) groups excluding carboxylic acids is 1. The van der Waals surface area contributed by atoms with Gasteiger partial charge in [0.15, 0.2) is 10.4 Å². The molecule has 3 rings (SSSR count). The molecule has 0 saturated carbocycles. The van der Waals surface area contributed by atoms with Gasteiger partial charge in [-0.25, -0.2) is 4.98 Å². The SMILES string of the molecule is Cc1nsc(Sc2ccc3c(c2)NC(=O)C3O)n1. The zero-order valence-electron chi connectivity index (χ0n) is 9.38. The first-order chi connectivity index (χ1) is 8.63. The molecule has 0 bridgehead atoms. The number of nitrogens with one attached hydrogen (secondary N) is 1. The van der Waals surface area contributed by atoms with Crippen LogP contribution in [0.2, 0.25) is 0 Å². The van der Waals surface area contributed by atoms with Crippen LogP contribution in [-0.2, 0) is 4.79 Å². The number of carbonyl (C=O) groups is 1. The van der Waals surface area contributed by atoms with Crippen LogP contribution in [0.25, 0.3) is 0 Å². The molecule has 1 atom stereocenters. The fourth-order valence-electron chi connectivity index (χ4n) is 1.71. The number of fused-ring (bicyclic) bond motifs is 1. The largest absolute Gasteiger partial charge is 0.378 e. The Morgan fingerprint density at radius 3 is 3.06 bits per heavy atom. The molecule has 2 heterocycles. The van der Waals surface area contributed by atoms with Gasteiger partial charge in [0, 0.05) is 16.1 Å². The van der Waals surface area contributed by atoms with Crippen molar-refractivity contribution >= 4 is 34.9 Å². The lowest BCUT2D eigenvalue weighted by molar-refractivity contribution is -0.123. The highest BCUT2D eigenvalue weighted by molar-refractivity contribution is 8.01. The van der Waals surface area contributed by atoms with Crippen molar-refractivity contribution in [1.29, 1.82) is 0 Å². The number of hydrogen-bond donors (Lipinski definition) is 2. The molecule has 7 heteroatoms. The molecule has 1 unspecified atom stereocenters. The average Bonchev–Trinajstić information content (AvgIpc) is 2.85. The van der Waals surface area contributed by atoms with Gasteiger partial charge in [0.2, 0.25) is 0 Å². The summed E-state index contributed by atoms with van der Waals surface area (Å²) < 4.78 is 4.97. The van der Waals surface area contributed by atoms with Crippen LogP contribution in [0.15, 0.2) is 27.4 Å². The molecular formula is C11H9N3O2S2. The van der Waals surface area contributed by atoms with Gasteiger partial charge in [0.05, 0.1) is 0 Å². The highest BCUT2D eigenvalue weighted by Gasteiger charge is 2.28. The van der Waals surface area contributed by atoms with Crippen molar-refractivity contribution in [2.24, 2.45) is 0 Å². The van der Waals surface area contributed by atoms with Crippen LogP contribution in [0, 0.1) is 6.92 Å². The summed E-state index contributed by atoms with van der Waals surface area (Å²) in [6.07, 6.45) is -1.05. The molecule has 1 aromatic carbocycles. The van der Waals surface area contributed by atoms with Crippen LogP contribution in [0.1, 0.15) is 17.5 Å². The molecule has 0 fully saturated rings. The Morgan fingerprint density at radius 1 is 1.50 bits per heavy atom. The Hall–Kier alpha value is -1.44. The third kappa shape index (κ3) is 2.00. The van der Waals surface area contributed by atoms with Crippen LogP contribution >= 0.6 is 23.3 Å². The van der Waals surface area contributed by atoms with Crippen molar-refractivity contribution in [1.82, 2.24) is 9.36 Å². The van der Waals surface area contributed by atoms with Gasteiger partial charge < -0.3 is 10.4 Å². The molecule has 0 aliphatic carbocycles. The third-order valence-electron chi connectivity index (χ3n) is 2.54. The van der Waals surface area contributed by atoms with E-state index in [4.69, 9.17) is 0 Å². The number of amides is 1. The molecule has 1 aromatic heterocycles. The molecule has 1 aliphatic rings. The Balaban J connectivity index is 1.88. The minimum atomic E-state index is -1.05. The Labute approximate surface area is 111 Å². The highest BCUT2D eigenvalue weighted by Crippen LogP contribution is 2.36. The molecule has 0 radical (unpaired) electrons. The maximum Gasteiger partial charge on any atom is 0.257 e. The summed E-state index contributed by atoms with van der Waals surface area (Å²) in [5.41, 5.74) is 1.29. The quantitative estimate of drug-likeness (QED) is 0.879. The van der Waals surface area contributed by atoms with E-state index in [1.165, 1.54) is 23.3 Å². The molecule has 1 amide bonds. The standard InChI is InChI=1S/C11H9N3O2S2/c1-5-12-11(18-14-5)17-6-2-3-7-8(4-6)13-10(16)9(7)15/h2-4,9,15H,1H3,(H,13,16). The van der Waals surface area contributed by atoms with E-state index in [1.54, 1.807) is 6.07 Å². The zero-order chi connectivity index (χ0) is 12.7. The second-order valence-electron chi connectivity index (χ2n) is 3.85. The van der Waals surface area contributed by atoms with Crippen molar-refractivity contribution in [3.63, 3.8) is 0 Å². The van der Waals surface area contributed by atoms with Crippen LogP contribution in [0.4, 0.5) is 5.69 Å². The molecule has 2 aromatic rings. The minimum Gasteiger partial charge on any atom is -0.378 e. The van der Waals surface area contributed by atoms with E-state index in [0.717, 1.165) is 15.1 Å². The van der Waals surface area contributed by atoms with Gasteiger partial charge in [0.25, 0.3) is 5.91 Å². The molecule has 5 nitrogen and oxygen atoms in total. The summed E-state index contributed by atoms with van der Waals surface area (Å²) in [6.45, 7) is 1.85. The summed E-state index contributed by atoms with van der Waals surface area (Å²) in [5, 5.41) is 12.2. The van der Waals surface area contributed by atoms with E-state index in [0.29, 0.717) is 11.3 Å². The number of nitrogens with zero attached hydrogens (tertiary/aromatic N) is 2. The Morgan fingerprint density at radius 2 is 2.33 bits per heavy atom. The smallest absolute Gasteiger partial charge is 0.257 e. The van der Waals surface area contributed by atoms with E-state index in [2.05, 4.69) is 14.7 Å². The van der Waals surface area contributed by atoms with Gasteiger partial charge in [-0.3, -0.25) is 4.79 Å². The lowest BCUT2D eigenvalue weighted by atomic mass is 10.1. The molecule has 2 N–H and O–H groups in total. The van der Waals surface area contributed by atoms with Crippen LogP contribution < -0.4 is 5.32 Å². The van der Waals surface area contributed by atoms with Crippen LogP contribution in [0.5, 0.6) is 0 Å². The van der Waals surface area contributed by atoms with E-state index in [-0.39, 0.29) is 5.91 Å². The van der Waals surface area contributed by atoms with E-state index >= 15 is 0 Å². The van der Waals surface area contributed by atoms with Gasteiger partial charge in [-0.2, -0.15) is 4.37 Å². The predicted octanol–water partition coefficient (Wildman–Crippen LogP) is 1.98. The summed E-state index contributed by atoms with van der Waals surface area (Å²) >= 11 is 2.83. The predicted molar refractivity (Wildman–Crippen MR) is 68.8 cm³/mol. The molecule has 1 aliphatic heterocycles. The number of aliphatic hydroxyl groups is 1. The summed E-state index contributed by atoms with van der Waals surface area (Å²) in [5.74, 6) is 0.381. The maximum absolute atomic E-state index is 11.3. The van der Waals surface area contributed by atoms with Crippen molar-refractivity contribution in [2.45, 2.75) is 22.3 Å². The molecule has 18 heavy (non-hydrogen) atoms. The third-order valence-corrected chi connectivity index (χ3v) is 4.37. The number of aryl methyl sites for hydroxylation is 1. The second-order valence-corrected chi connectivity index (χ2v) is 5.92. The van der Waals surface area contributed by atoms with Gasteiger partial charge in [0.1, 0.15) is 5.82 Å². The van der Waals surface area contributed by atoms with Crippen molar-refractivity contribution < 1.29 is 9.90 Å². The van der Waals surface area contributed by atoms with Gasteiger partial charge in [-0.15, -0.1) is 0 Å². The maximum atomic E-state index is 11.3. The first kappa shape index (κ1) is 11.6. The van der Waals surface area contributed by atoms with Gasteiger partial charge >= 0.3 is 0 Å². The van der Waals surface area contributed by atoms with E-state index < -0.39 is 6.10 Å². The number of aliphatic hydroxyl groups excluding tert-OH is 1. The topological polar surface area (TPSA) is 75.1 Å². The molecule has 92 valence electrons. The normalized spacial score (nSPS) is 17.7. The lowest BCUT2D eigenvalue weighted by Gasteiger charge is -2.02. The summed E-state index contributed by atoms with van der Waals surface area (Å²) in [7, 11) is 0. The molecular weight excluding hydrogens is 270 g/mol. The van der Waals surface area contributed by atoms with Gasteiger partial charge in [-0.05, 0) is 30.6 Å². The van der Waals surface area contributed by atoms with E-state index in [1.807, 2.05) is 19.1 Å². The average molecular weight is 279 g/mol. The molecule has 0 saturated heterocycles. The fourth-order valence-corrected chi connectivity index (χ4v) is 3.37. The van der Waals surface area contributed by atoms with Crippen molar-refractivity contribution in [3.05, 3.63) is 29.6 Å². The van der Waals surface area contributed by atoms with Gasteiger partial charge in [-0.1, -0.05) is 17.8 Å².